The molecule has 1 aromatic rings. The summed E-state index contributed by atoms with van der Waals surface area (Å²) in [6.07, 6.45) is 3.60. The maximum absolute atomic E-state index is 11.6. The summed E-state index contributed by atoms with van der Waals surface area (Å²) < 4.78 is 5.66. The third-order valence-corrected chi connectivity index (χ3v) is 3.72. The van der Waals surface area contributed by atoms with Crippen LogP contribution in [-0.4, -0.2) is 44.7 Å². The van der Waals surface area contributed by atoms with Crippen molar-refractivity contribution in [3.8, 4) is 5.75 Å². The third kappa shape index (κ3) is 7.35. The summed E-state index contributed by atoms with van der Waals surface area (Å²) in [6.45, 7) is 4.00. The summed E-state index contributed by atoms with van der Waals surface area (Å²) in [7, 11) is 1.73. The molecule has 6 nitrogen and oxygen atoms in total. The second-order valence-corrected chi connectivity index (χ2v) is 6.03. The average Bonchev–Trinajstić information content (AvgIpc) is 3.39. The van der Waals surface area contributed by atoms with Crippen molar-refractivity contribution in [1.82, 2.24) is 16.0 Å². The Bertz CT molecular complexity index is 538. The fraction of sp³-hybridized carbons (Fsp3) is 0.556. The number of carbonyl (C=O) groups excluding carboxylic acids is 1. The molecule has 1 saturated carbocycles. The zero-order valence-corrected chi connectivity index (χ0v) is 14.6. The van der Waals surface area contributed by atoms with Crippen molar-refractivity contribution in [3.63, 3.8) is 0 Å². The molecule has 6 heteroatoms. The van der Waals surface area contributed by atoms with E-state index in [1.54, 1.807) is 7.05 Å². The van der Waals surface area contributed by atoms with Gasteiger partial charge in [0.15, 0.2) is 5.96 Å². The molecule has 2 rings (SSSR count). The largest absolute Gasteiger partial charge is 0.492 e. The zero-order chi connectivity index (χ0) is 17.2. The lowest BCUT2D eigenvalue weighted by Crippen LogP contribution is -2.40. The number of nitrogens with zero attached hydrogens (tertiary/aromatic N) is 1. The van der Waals surface area contributed by atoms with E-state index in [0.717, 1.165) is 37.5 Å². The molecule has 1 aliphatic carbocycles. The van der Waals surface area contributed by atoms with E-state index in [9.17, 15) is 4.79 Å². The first-order valence-corrected chi connectivity index (χ1v) is 8.60. The van der Waals surface area contributed by atoms with Crippen LogP contribution in [0.3, 0.4) is 0 Å². The van der Waals surface area contributed by atoms with Crippen molar-refractivity contribution in [2.75, 3.05) is 26.7 Å². The Balaban J connectivity index is 1.51. The molecule has 0 atom stereocenters. The highest BCUT2D eigenvalue weighted by Gasteiger charge is 2.22. The van der Waals surface area contributed by atoms with E-state index < -0.39 is 0 Å². The first-order valence-electron chi connectivity index (χ1n) is 8.60. The van der Waals surface area contributed by atoms with E-state index in [-0.39, 0.29) is 5.91 Å². The highest BCUT2D eigenvalue weighted by molar-refractivity contribution is 5.80. The molecule has 24 heavy (non-hydrogen) atoms. The van der Waals surface area contributed by atoms with E-state index in [1.165, 1.54) is 5.56 Å². The molecule has 0 unspecified atom stereocenters. The molecule has 0 aliphatic heterocycles. The molecule has 0 bridgehead atoms. The molecule has 0 saturated heterocycles. The Kier molecular flexibility index (Phi) is 7.39. The van der Waals surface area contributed by atoms with Crippen molar-refractivity contribution in [2.45, 2.75) is 38.6 Å². The number of hydrogen-bond acceptors (Lipinski definition) is 3. The van der Waals surface area contributed by atoms with Gasteiger partial charge in [-0.05, 0) is 38.3 Å². The lowest BCUT2D eigenvalue weighted by Gasteiger charge is -2.12. The van der Waals surface area contributed by atoms with Gasteiger partial charge in [-0.15, -0.1) is 0 Å². The van der Waals surface area contributed by atoms with E-state index in [4.69, 9.17) is 4.74 Å². The molecule has 1 fully saturated rings. The van der Waals surface area contributed by atoms with Crippen LogP contribution in [-0.2, 0) is 4.79 Å². The minimum absolute atomic E-state index is 0.147. The molecular formula is C18H28N4O2. The Labute approximate surface area is 144 Å². The topological polar surface area (TPSA) is 74.8 Å². The Hall–Kier alpha value is -2.24. The molecule has 132 valence electrons. The maximum Gasteiger partial charge on any atom is 0.220 e. The van der Waals surface area contributed by atoms with Crippen LogP contribution in [0.1, 0.15) is 31.2 Å². The molecule has 0 spiro atoms. The fourth-order valence-electron chi connectivity index (χ4n) is 2.18. The van der Waals surface area contributed by atoms with Crippen molar-refractivity contribution >= 4 is 11.9 Å². The van der Waals surface area contributed by atoms with Gasteiger partial charge < -0.3 is 20.7 Å². The first-order chi connectivity index (χ1) is 11.7. The van der Waals surface area contributed by atoms with E-state index >= 15 is 0 Å². The smallest absolute Gasteiger partial charge is 0.220 e. The van der Waals surface area contributed by atoms with Gasteiger partial charge in [-0.1, -0.05) is 17.7 Å². The lowest BCUT2D eigenvalue weighted by molar-refractivity contribution is -0.121. The van der Waals surface area contributed by atoms with Crippen molar-refractivity contribution in [2.24, 2.45) is 4.99 Å². The second kappa shape index (κ2) is 9.80. The van der Waals surface area contributed by atoms with E-state index in [1.807, 2.05) is 24.3 Å². The number of guanidine groups is 1. The molecule has 1 aromatic carbocycles. The predicted octanol–water partition coefficient (Wildman–Crippen LogP) is 1.60. The Morgan fingerprint density at radius 1 is 1.21 bits per heavy atom. The fourth-order valence-corrected chi connectivity index (χ4v) is 2.18. The Morgan fingerprint density at radius 2 is 1.92 bits per heavy atom. The normalized spacial score (nSPS) is 14.2. The van der Waals surface area contributed by atoms with Crippen LogP contribution < -0.4 is 20.7 Å². The van der Waals surface area contributed by atoms with Crippen LogP contribution in [0.4, 0.5) is 0 Å². The number of nitrogens with one attached hydrogen (secondary N) is 3. The molecule has 0 heterocycles. The van der Waals surface area contributed by atoms with Gasteiger partial charge in [0.2, 0.25) is 5.91 Å². The van der Waals surface area contributed by atoms with Crippen LogP contribution in [0.5, 0.6) is 5.75 Å². The quantitative estimate of drug-likeness (QED) is 0.365. The van der Waals surface area contributed by atoms with Gasteiger partial charge in [-0.2, -0.15) is 0 Å². The number of amides is 1. The minimum atomic E-state index is 0.147. The predicted molar refractivity (Wildman–Crippen MR) is 96.4 cm³/mol. The number of ether oxygens (including phenoxy) is 1. The zero-order valence-electron chi connectivity index (χ0n) is 14.6. The summed E-state index contributed by atoms with van der Waals surface area (Å²) in [6, 6.07) is 8.43. The molecule has 1 aliphatic rings. The lowest BCUT2D eigenvalue weighted by atomic mass is 10.2. The SMILES string of the molecule is CN=C(NCCCC(=O)NC1CC1)NCCOc1ccc(C)cc1. The summed E-state index contributed by atoms with van der Waals surface area (Å²) in [5.41, 5.74) is 1.22. The number of hydrogen-bond donors (Lipinski definition) is 3. The van der Waals surface area contributed by atoms with Gasteiger partial charge in [-0.25, -0.2) is 0 Å². The van der Waals surface area contributed by atoms with Crippen LogP contribution in [0, 0.1) is 6.92 Å². The third-order valence-electron chi connectivity index (χ3n) is 3.72. The Morgan fingerprint density at radius 3 is 2.58 bits per heavy atom. The molecule has 3 N–H and O–H groups in total. The van der Waals surface area contributed by atoms with Crippen LogP contribution in [0.2, 0.25) is 0 Å². The molecule has 0 radical (unpaired) electrons. The van der Waals surface area contributed by atoms with Crippen LogP contribution >= 0.6 is 0 Å². The maximum atomic E-state index is 11.6. The van der Waals surface area contributed by atoms with Crippen LogP contribution in [0.25, 0.3) is 0 Å². The average molecular weight is 332 g/mol. The van der Waals surface area contributed by atoms with Gasteiger partial charge in [0.25, 0.3) is 0 Å². The summed E-state index contributed by atoms with van der Waals surface area (Å²) in [5.74, 6) is 1.74. The van der Waals surface area contributed by atoms with Gasteiger partial charge in [-0.3, -0.25) is 9.79 Å². The van der Waals surface area contributed by atoms with Crippen LogP contribution in [0.15, 0.2) is 29.3 Å². The van der Waals surface area contributed by atoms with Gasteiger partial charge in [0, 0.05) is 26.1 Å². The monoisotopic (exact) mass is 332 g/mol. The number of carbonyl (C=O) groups is 1. The summed E-state index contributed by atoms with van der Waals surface area (Å²) >= 11 is 0. The first kappa shape index (κ1) is 18.1. The second-order valence-electron chi connectivity index (χ2n) is 6.03. The highest BCUT2D eigenvalue weighted by atomic mass is 16.5. The number of aliphatic imine (C=N–C) groups is 1. The van der Waals surface area contributed by atoms with Gasteiger partial charge in [0.1, 0.15) is 12.4 Å². The minimum Gasteiger partial charge on any atom is -0.492 e. The summed E-state index contributed by atoms with van der Waals surface area (Å²) in [5, 5.41) is 9.39. The van der Waals surface area contributed by atoms with Gasteiger partial charge >= 0.3 is 0 Å². The van der Waals surface area contributed by atoms with E-state index in [2.05, 4.69) is 27.9 Å². The summed E-state index contributed by atoms with van der Waals surface area (Å²) in [4.78, 5) is 15.7. The highest BCUT2D eigenvalue weighted by Crippen LogP contribution is 2.18. The molecule has 0 aromatic heterocycles. The molecular weight excluding hydrogens is 304 g/mol. The van der Waals surface area contributed by atoms with E-state index in [0.29, 0.717) is 25.6 Å². The van der Waals surface area contributed by atoms with Crippen molar-refractivity contribution < 1.29 is 9.53 Å². The van der Waals surface area contributed by atoms with Crippen molar-refractivity contribution in [3.05, 3.63) is 29.8 Å². The van der Waals surface area contributed by atoms with Crippen molar-refractivity contribution in [1.29, 1.82) is 0 Å². The molecule has 1 amide bonds. The number of rotatable bonds is 9. The number of benzene rings is 1. The number of aryl methyl sites for hydroxylation is 1. The van der Waals surface area contributed by atoms with Gasteiger partial charge in [0.05, 0.1) is 6.54 Å². The standard InChI is InChI=1S/C18H28N4O2/c1-14-5-9-16(10-6-14)24-13-12-21-18(19-2)20-11-3-4-17(23)22-15-7-8-15/h5-6,9-10,15H,3-4,7-8,11-13H2,1-2H3,(H,22,23)(H2,19,20,21).